The summed E-state index contributed by atoms with van der Waals surface area (Å²) in [5.74, 6) is 0. The van der Waals surface area contributed by atoms with Gasteiger partial charge in [-0.15, -0.1) is 0 Å². The number of nitrogens with zero attached hydrogens (tertiary/aromatic N) is 1. The maximum absolute atomic E-state index is 13.1. The van der Waals surface area contributed by atoms with Gasteiger partial charge >= 0.3 is 12.4 Å². The number of aromatic nitrogens is 1. The fourth-order valence-corrected chi connectivity index (χ4v) is 2.43. The van der Waals surface area contributed by atoms with E-state index in [2.05, 4.69) is 4.98 Å². The molecule has 1 aromatic heterocycles. The van der Waals surface area contributed by atoms with Crippen LogP contribution in [0.3, 0.4) is 0 Å². The quantitative estimate of drug-likeness (QED) is 0.385. The molecule has 0 saturated carbocycles. The highest BCUT2D eigenvalue weighted by Gasteiger charge is 2.39. The van der Waals surface area contributed by atoms with E-state index in [4.69, 9.17) is 34.8 Å². The Bertz CT molecular complexity index is 755. The van der Waals surface area contributed by atoms with E-state index in [0.717, 1.165) is 12.1 Å². The standard InChI is InChI=1S/C13H4Cl3F6N/c14-8-2-1-5(10(15)11(8)16)6-3-9(13(20,21)22)23-4-7(6)12(17,18)19/h1-4H. The summed E-state index contributed by atoms with van der Waals surface area (Å²) in [5.41, 5.74) is -3.97. The highest BCUT2D eigenvalue weighted by molar-refractivity contribution is 6.49. The molecule has 1 heterocycles. The topological polar surface area (TPSA) is 12.9 Å². The Labute approximate surface area is 140 Å². The van der Waals surface area contributed by atoms with Crippen LogP contribution in [0.25, 0.3) is 11.1 Å². The number of rotatable bonds is 1. The molecule has 0 amide bonds. The van der Waals surface area contributed by atoms with Crippen molar-refractivity contribution < 1.29 is 26.3 Å². The first-order valence-corrected chi connectivity index (χ1v) is 6.84. The Balaban J connectivity index is 2.80. The lowest BCUT2D eigenvalue weighted by Gasteiger charge is -2.16. The largest absolute Gasteiger partial charge is 0.433 e. The molecular formula is C13H4Cl3F6N. The Morgan fingerprint density at radius 2 is 1.39 bits per heavy atom. The predicted molar refractivity (Wildman–Crippen MR) is 74.7 cm³/mol. The van der Waals surface area contributed by atoms with Crippen LogP contribution in [0.5, 0.6) is 0 Å². The number of hydrogen-bond donors (Lipinski definition) is 0. The first-order chi connectivity index (χ1) is 10.4. The van der Waals surface area contributed by atoms with Crippen molar-refractivity contribution in [2.75, 3.05) is 0 Å². The molecule has 0 N–H and O–H groups in total. The van der Waals surface area contributed by atoms with Gasteiger partial charge in [0.25, 0.3) is 0 Å². The molecule has 124 valence electrons. The number of alkyl halides is 6. The third-order valence-corrected chi connectivity index (χ3v) is 4.12. The van der Waals surface area contributed by atoms with Crippen LogP contribution in [0, 0.1) is 0 Å². The lowest BCUT2D eigenvalue weighted by Crippen LogP contribution is -2.13. The lowest BCUT2D eigenvalue weighted by molar-refractivity contribution is -0.144. The predicted octanol–water partition coefficient (Wildman–Crippen LogP) is 6.75. The van der Waals surface area contributed by atoms with Gasteiger partial charge in [-0.1, -0.05) is 40.9 Å². The van der Waals surface area contributed by atoms with Gasteiger partial charge in [0, 0.05) is 11.8 Å². The van der Waals surface area contributed by atoms with Crippen LogP contribution in [0.1, 0.15) is 11.3 Å². The summed E-state index contributed by atoms with van der Waals surface area (Å²) in [6.45, 7) is 0. The van der Waals surface area contributed by atoms with Crippen LogP contribution in [-0.4, -0.2) is 4.98 Å². The van der Waals surface area contributed by atoms with Crippen molar-refractivity contribution in [1.29, 1.82) is 0 Å². The van der Waals surface area contributed by atoms with Gasteiger partial charge in [0.2, 0.25) is 0 Å². The van der Waals surface area contributed by atoms with Crippen molar-refractivity contribution in [3.8, 4) is 11.1 Å². The highest BCUT2D eigenvalue weighted by atomic mass is 35.5. The maximum Gasteiger partial charge on any atom is 0.433 e. The summed E-state index contributed by atoms with van der Waals surface area (Å²) in [6, 6.07) is 2.47. The van der Waals surface area contributed by atoms with Crippen molar-refractivity contribution in [2.45, 2.75) is 12.4 Å². The molecule has 1 aromatic carbocycles. The second-order valence-corrected chi connectivity index (χ2v) is 5.50. The van der Waals surface area contributed by atoms with Gasteiger partial charge in [-0.05, 0) is 17.7 Å². The van der Waals surface area contributed by atoms with Gasteiger partial charge in [-0.3, -0.25) is 4.98 Å². The molecular weight excluding hydrogens is 390 g/mol. The molecule has 2 rings (SSSR count). The summed E-state index contributed by atoms with van der Waals surface area (Å²) < 4.78 is 77.3. The van der Waals surface area contributed by atoms with E-state index < -0.39 is 29.2 Å². The minimum absolute atomic E-state index is 0.0425. The molecule has 1 nitrogen and oxygen atoms in total. The van der Waals surface area contributed by atoms with Crippen molar-refractivity contribution in [1.82, 2.24) is 4.98 Å². The zero-order valence-electron chi connectivity index (χ0n) is 10.7. The molecule has 0 unspecified atom stereocenters. The third kappa shape index (κ3) is 3.67. The van der Waals surface area contributed by atoms with Gasteiger partial charge in [-0.2, -0.15) is 26.3 Å². The molecule has 10 heteroatoms. The minimum Gasteiger partial charge on any atom is -0.251 e. The van der Waals surface area contributed by atoms with E-state index in [0.29, 0.717) is 0 Å². The van der Waals surface area contributed by atoms with Gasteiger partial charge in [0.1, 0.15) is 5.69 Å². The third-order valence-electron chi connectivity index (χ3n) is 2.83. The first kappa shape index (κ1) is 18.2. The van der Waals surface area contributed by atoms with E-state index >= 15 is 0 Å². The Hall–Kier alpha value is -1.18. The van der Waals surface area contributed by atoms with Crippen LogP contribution < -0.4 is 0 Å². The number of halogens is 9. The Kier molecular flexibility index (Phi) is 4.76. The average molecular weight is 395 g/mol. The van der Waals surface area contributed by atoms with Crippen LogP contribution in [0.4, 0.5) is 26.3 Å². The summed E-state index contributed by atoms with van der Waals surface area (Å²) in [5, 5.41) is -0.688. The molecule has 2 aromatic rings. The number of hydrogen-bond acceptors (Lipinski definition) is 1. The highest BCUT2D eigenvalue weighted by Crippen LogP contribution is 2.44. The van der Waals surface area contributed by atoms with E-state index in [1.54, 1.807) is 0 Å². The van der Waals surface area contributed by atoms with Crippen LogP contribution in [0.15, 0.2) is 24.4 Å². The zero-order chi connectivity index (χ0) is 17.6. The van der Waals surface area contributed by atoms with Gasteiger partial charge in [0.05, 0.1) is 20.6 Å². The van der Waals surface area contributed by atoms with Crippen LogP contribution in [-0.2, 0) is 12.4 Å². The molecule has 23 heavy (non-hydrogen) atoms. The van der Waals surface area contributed by atoms with Crippen molar-refractivity contribution in [2.24, 2.45) is 0 Å². The molecule has 0 aliphatic carbocycles. The van der Waals surface area contributed by atoms with E-state index in [9.17, 15) is 26.3 Å². The number of pyridine rings is 1. The Morgan fingerprint density at radius 3 is 1.91 bits per heavy atom. The van der Waals surface area contributed by atoms with Crippen molar-refractivity contribution >= 4 is 34.8 Å². The molecule has 0 saturated heterocycles. The summed E-state index contributed by atoms with van der Waals surface area (Å²) in [6.07, 6.45) is -9.74. The zero-order valence-corrected chi connectivity index (χ0v) is 12.9. The van der Waals surface area contributed by atoms with Gasteiger partial charge in [-0.25, -0.2) is 0 Å². The van der Waals surface area contributed by atoms with E-state index in [1.165, 1.54) is 0 Å². The average Bonchev–Trinajstić information content (AvgIpc) is 2.42. The van der Waals surface area contributed by atoms with E-state index in [1.807, 2.05) is 0 Å². The SMILES string of the molecule is FC(F)(F)c1cc(-c2ccc(Cl)c(Cl)c2Cl)c(C(F)(F)F)cn1. The van der Waals surface area contributed by atoms with Crippen molar-refractivity contribution in [3.63, 3.8) is 0 Å². The molecule has 0 spiro atoms. The summed E-state index contributed by atoms with van der Waals surface area (Å²) >= 11 is 17.3. The first-order valence-electron chi connectivity index (χ1n) is 5.71. The second-order valence-electron chi connectivity index (χ2n) is 4.33. The summed E-state index contributed by atoms with van der Waals surface area (Å²) in [4.78, 5) is 2.83. The van der Waals surface area contributed by atoms with Crippen LogP contribution >= 0.6 is 34.8 Å². The maximum atomic E-state index is 13.1. The monoisotopic (exact) mass is 393 g/mol. The molecule has 0 atom stereocenters. The molecule has 0 aliphatic heterocycles. The fraction of sp³-hybridized carbons (Fsp3) is 0.154. The molecule has 0 radical (unpaired) electrons. The normalized spacial score (nSPS) is 12.6. The van der Waals surface area contributed by atoms with Gasteiger partial charge < -0.3 is 0 Å². The Morgan fingerprint density at radius 1 is 0.783 bits per heavy atom. The fourth-order valence-electron chi connectivity index (χ4n) is 1.79. The number of benzene rings is 1. The summed E-state index contributed by atoms with van der Waals surface area (Å²) in [7, 11) is 0. The molecule has 0 fully saturated rings. The lowest BCUT2D eigenvalue weighted by atomic mass is 10.00. The second kappa shape index (κ2) is 6.03. The van der Waals surface area contributed by atoms with Crippen molar-refractivity contribution in [3.05, 3.63) is 50.7 Å². The smallest absolute Gasteiger partial charge is 0.251 e. The molecule has 0 aliphatic rings. The minimum atomic E-state index is -4.93. The van der Waals surface area contributed by atoms with Gasteiger partial charge in [0.15, 0.2) is 0 Å². The van der Waals surface area contributed by atoms with Crippen LogP contribution in [0.2, 0.25) is 15.1 Å². The van der Waals surface area contributed by atoms with E-state index in [-0.39, 0.29) is 32.9 Å². The molecule has 0 bridgehead atoms.